The van der Waals surface area contributed by atoms with Crippen LogP contribution in [-0.4, -0.2) is 4.57 Å². The van der Waals surface area contributed by atoms with Crippen LogP contribution in [0.2, 0.25) is 0 Å². The maximum absolute atomic E-state index is 6.14. The first-order valence-electron chi connectivity index (χ1n) is 21.2. The highest BCUT2D eigenvalue weighted by atomic mass is 16.3. The number of rotatable bonds is 7. The molecule has 0 fully saturated rings. The summed E-state index contributed by atoms with van der Waals surface area (Å²) in [6.07, 6.45) is 0. The van der Waals surface area contributed by atoms with Gasteiger partial charge in [-0.25, -0.2) is 0 Å². The van der Waals surface area contributed by atoms with E-state index >= 15 is 0 Å². The van der Waals surface area contributed by atoms with Gasteiger partial charge in [-0.05, 0) is 136 Å². The second-order valence-electron chi connectivity index (χ2n) is 16.2. The van der Waals surface area contributed by atoms with E-state index in [9.17, 15) is 0 Å². The molecule has 12 aromatic rings. The van der Waals surface area contributed by atoms with Crippen molar-refractivity contribution >= 4 is 71.6 Å². The Kier molecular flexibility index (Phi) is 8.39. The SMILES string of the molecule is Cc1cc(-c2cccc(-n3c4ccccc4c4ccccc43)c2)ccc1N(c1ccc(-c2ccc3oc4ccccc4c3c2)cc1)c1ccc(-c2cccc3ccccc23)cc1. The van der Waals surface area contributed by atoms with Crippen LogP contribution in [0.5, 0.6) is 0 Å². The lowest BCUT2D eigenvalue weighted by Crippen LogP contribution is -2.11. The number of hydrogen-bond donors (Lipinski definition) is 0. The molecule has 0 radical (unpaired) electrons. The molecule has 0 bridgehead atoms. The van der Waals surface area contributed by atoms with Crippen LogP contribution in [0.15, 0.2) is 229 Å². The van der Waals surface area contributed by atoms with Crippen molar-refractivity contribution in [3.63, 3.8) is 0 Å². The Balaban J connectivity index is 0.941. The monoisotopic (exact) mass is 792 g/mol. The number of anilines is 3. The van der Waals surface area contributed by atoms with Crippen LogP contribution < -0.4 is 4.90 Å². The number of fused-ring (bicyclic) bond motifs is 7. The third-order valence-electron chi connectivity index (χ3n) is 12.5. The fraction of sp³-hybridized carbons (Fsp3) is 0.0169. The smallest absolute Gasteiger partial charge is 0.135 e. The van der Waals surface area contributed by atoms with Gasteiger partial charge in [-0.1, -0.05) is 146 Å². The number of nitrogens with zero attached hydrogens (tertiary/aromatic N) is 2. The maximum Gasteiger partial charge on any atom is 0.135 e. The second kappa shape index (κ2) is 14.5. The molecule has 0 atom stereocenters. The topological polar surface area (TPSA) is 21.3 Å². The Morgan fingerprint density at radius 3 is 1.66 bits per heavy atom. The molecule has 0 aliphatic carbocycles. The van der Waals surface area contributed by atoms with E-state index in [4.69, 9.17) is 4.42 Å². The minimum Gasteiger partial charge on any atom is -0.456 e. The summed E-state index contributed by atoms with van der Waals surface area (Å²) in [7, 11) is 0. The van der Waals surface area contributed by atoms with Crippen LogP contribution in [0.3, 0.4) is 0 Å². The van der Waals surface area contributed by atoms with E-state index in [2.05, 4.69) is 229 Å². The quantitative estimate of drug-likeness (QED) is 0.160. The van der Waals surface area contributed by atoms with E-state index < -0.39 is 0 Å². The summed E-state index contributed by atoms with van der Waals surface area (Å²) >= 11 is 0. The van der Waals surface area contributed by atoms with Crippen molar-refractivity contribution in [2.75, 3.05) is 4.90 Å². The summed E-state index contributed by atoms with van der Waals surface area (Å²) in [5.41, 5.74) is 17.0. The number of hydrogen-bond acceptors (Lipinski definition) is 2. The van der Waals surface area contributed by atoms with Crippen molar-refractivity contribution in [2.24, 2.45) is 0 Å². The highest BCUT2D eigenvalue weighted by molar-refractivity contribution is 6.09. The van der Waals surface area contributed by atoms with E-state index in [-0.39, 0.29) is 0 Å². The van der Waals surface area contributed by atoms with Gasteiger partial charge in [0.05, 0.1) is 11.0 Å². The van der Waals surface area contributed by atoms with Crippen molar-refractivity contribution in [1.82, 2.24) is 4.57 Å². The standard InChI is InChI=1S/C59H40N2O/c1-39-36-44(43-14-10-15-48(37-43)61-56-21-7-4-17-51(56)52-18-5-8-22-57(52)61)28-34-55(39)60(47-32-26-42(27-33-47)50-20-11-13-41-12-2-3-16-49(41)50)46-30-24-40(25-31-46)45-29-35-59-54(38-45)53-19-6-9-23-58(53)62-59/h2-38H,1H3. The molecule has 0 amide bonds. The Morgan fingerprint density at radius 2 is 0.919 bits per heavy atom. The third kappa shape index (κ3) is 5.97. The van der Waals surface area contributed by atoms with Crippen LogP contribution >= 0.6 is 0 Å². The lowest BCUT2D eigenvalue weighted by molar-refractivity contribution is 0.669. The van der Waals surface area contributed by atoms with Gasteiger partial charge < -0.3 is 13.9 Å². The number of benzene rings is 10. The number of furan rings is 1. The van der Waals surface area contributed by atoms with Gasteiger partial charge in [0.15, 0.2) is 0 Å². The van der Waals surface area contributed by atoms with Crippen LogP contribution in [0.1, 0.15) is 5.56 Å². The van der Waals surface area contributed by atoms with Crippen molar-refractivity contribution < 1.29 is 4.42 Å². The molecule has 2 heterocycles. The predicted molar refractivity (Wildman–Crippen MR) is 261 cm³/mol. The Hall–Kier alpha value is -8.14. The third-order valence-corrected chi connectivity index (χ3v) is 12.5. The second-order valence-corrected chi connectivity index (χ2v) is 16.2. The molecule has 62 heavy (non-hydrogen) atoms. The van der Waals surface area contributed by atoms with Crippen LogP contribution in [0.25, 0.3) is 93.6 Å². The van der Waals surface area contributed by atoms with Gasteiger partial charge in [0.25, 0.3) is 0 Å². The molecule has 0 spiro atoms. The largest absolute Gasteiger partial charge is 0.456 e. The first kappa shape index (κ1) is 35.8. The van der Waals surface area contributed by atoms with E-state index in [1.54, 1.807) is 0 Å². The molecule has 292 valence electrons. The van der Waals surface area contributed by atoms with Gasteiger partial charge in [-0.3, -0.25) is 0 Å². The van der Waals surface area contributed by atoms with Crippen molar-refractivity contribution in [3.05, 3.63) is 230 Å². The molecule has 0 unspecified atom stereocenters. The first-order chi connectivity index (χ1) is 30.6. The summed E-state index contributed by atoms with van der Waals surface area (Å²) in [6, 6.07) is 81.1. The fourth-order valence-corrected chi connectivity index (χ4v) is 9.51. The van der Waals surface area contributed by atoms with Gasteiger partial charge in [0.2, 0.25) is 0 Å². The summed E-state index contributed by atoms with van der Waals surface area (Å²) in [4.78, 5) is 2.39. The van der Waals surface area contributed by atoms with Gasteiger partial charge in [0.1, 0.15) is 11.2 Å². The van der Waals surface area contributed by atoms with E-state index in [0.29, 0.717) is 0 Å². The molecule has 2 aromatic heterocycles. The Labute approximate surface area is 360 Å². The average Bonchev–Trinajstić information content (AvgIpc) is 3.88. The molecule has 0 aliphatic heterocycles. The van der Waals surface area contributed by atoms with Crippen LogP contribution in [0, 0.1) is 6.92 Å². The molecule has 0 saturated carbocycles. The summed E-state index contributed by atoms with van der Waals surface area (Å²) in [5, 5.41) is 7.29. The summed E-state index contributed by atoms with van der Waals surface area (Å²) < 4.78 is 8.53. The molecule has 0 aliphatic rings. The van der Waals surface area contributed by atoms with Gasteiger partial charge >= 0.3 is 0 Å². The fourth-order valence-electron chi connectivity index (χ4n) is 9.51. The number of aryl methyl sites for hydroxylation is 1. The van der Waals surface area contributed by atoms with Crippen LogP contribution in [-0.2, 0) is 0 Å². The van der Waals surface area contributed by atoms with E-state index in [1.165, 1.54) is 60.4 Å². The molecule has 12 rings (SSSR count). The van der Waals surface area contributed by atoms with Crippen molar-refractivity contribution in [2.45, 2.75) is 6.92 Å². The summed E-state index contributed by atoms with van der Waals surface area (Å²) in [5.74, 6) is 0. The van der Waals surface area contributed by atoms with Gasteiger partial charge in [-0.2, -0.15) is 0 Å². The zero-order valence-corrected chi connectivity index (χ0v) is 34.2. The predicted octanol–water partition coefficient (Wildman–Crippen LogP) is 16.6. The lowest BCUT2D eigenvalue weighted by Gasteiger charge is -2.28. The van der Waals surface area contributed by atoms with Crippen molar-refractivity contribution in [3.8, 4) is 39.1 Å². The van der Waals surface area contributed by atoms with Gasteiger partial charge in [0, 0.05) is 44.3 Å². The zero-order valence-electron chi connectivity index (χ0n) is 34.2. The average molecular weight is 793 g/mol. The summed E-state index contributed by atoms with van der Waals surface area (Å²) in [6.45, 7) is 2.23. The van der Waals surface area contributed by atoms with Gasteiger partial charge in [-0.15, -0.1) is 0 Å². The Morgan fingerprint density at radius 1 is 0.371 bits per heavy atom. The Bertz CT molecular complexity index is 3590. The van der Waals surface area contributed by atoms with E-state index in [0.717, 1.165) is 55.8 Å². The minimum absolute atomic E-state index is 0.905. The normalized spacial score (nSPS) is 11.6. The molecular weight excluding hydrogens is 753 g/mol. The maximum atomic E-state index is 6.14. The van der Waals surface area contributed by atoms with Crippen LogP contribution in [0.4, 0.5) is 17.1 Å². The molecule has 0 saturated heterocycles. The highest BCUT2D eigenvalue weighted by Gasteiger charge is 2.18. The molecule has 3 nitrogen and oxygen atoms in total. The molecular formula is C59H40N2O. The first-order valence-corrected chi connectivity index (χ1v) is 21.2. The van der Waals surface area contributed by atoms with Crippen molar-refractivity contribution in [1.29, 1.82) is 0 Å². The van der Waals surface area contributed by atoms with E-state index in [1.807, 2.05) is 12.1 Å². The number of aromatic nitrogens is 1. The highest BCUT2D eigenvalue weighted by Crippen LogP contribution is 2.41. The lowest BCUT2D eigenvalue weighted by atomic mass is 9.97. The molecule has 0 N–H and O–H groups in total. The number of para-hydroxylation sites is 3. The zero-order chi connectivity index (χ0) is 41.1. The minimum atomic E-state index is 0.905. The molecule has 10 aromatic carbocycles. The molecule has 3 heteroatoms.